The van der Waals surface area contributed by atoms with Gasteiger partial charge in [0.15, 0.2) is 6.29 Å². The van der Waals surface area contributed by atoms with Crippen LogP contribution < -0.4 is 5.32 Å². The van der Waals surface area contributed by atoms with Crippen molar-refractivity contribution in [2.75, 3.05) is 13.2 Å². The average molecular weight is 979 g/mol. The number of aliphatic hydroxyl groups excluding tert-OH is 5. The topological polar surface area (TPSA) is 149 Å². The molecule has 1 rings (SSSR count). The molecule has 0 aromatic rings. The van der Waals surface area contributed by atoms with Crippen LogP contribution in [0.4, 0.5) is 0 Å². The zero-order valence-electron chi connectivity index (χ0n) is 45.3. The molecule has 1 aliphatic heterocycles. The molecular formula is C60H115NO8. The fourth-order valence-electron chi connectivity index (χ4n) is 9.74. The monoisotopic (exact) mass is 978 g/mol. The van der Waals surface area contributed by atoms with E-state index in [1.807, 2.05) is 6.08 Å². The van der Waals surface area contributed by atoms with E-state index in [2.05, 4.69) is 31.3 Å². The molecule has 0 saturated carbocycles. The Hall–Kier alpha value is -1.33. The second kappa shape index (κ2) is 50.2. The number of nitrogens with one attached hydrogen (secondary N) is 1. The van der Waals surface area contributed by atoms with Crippen molar-refractivity contribution < 1.29 is 39.8 Å². The van der Waals surface area contributed by atoms with Gasteiger partial charge in [0.2, 0.25) is 5.91 Å². The van der Waals surface area contributed by atoms with Crippen molar-refractivity contribution in [2.45, 2.75) is 339 Å². The van der Waals surface area contributed by atoms with E-state index in [0.717, 1.165) is 38.5 Å². The Balaban J connectivity index is 2.16. The first-order chi connectivity index (χ1) is 33.8. The summed E-state index contributed by atoms with van der Waals surface area (Å²) in [7, 11) is 0. The summed E-state index contributed by atoms with van der Waals surface area (Å²) < 4.78 is 11.3. The molecule has 1 heterocycles. The quantitative estimate of drug-likeness (QED) is 0.0261. The fraction of sp³-hybridized carbons (Fsp3) is 0.917. The van der Waals surface area contributed by atoms with Gasteiger partial charge in [0.05, 0.1) is 25.4 Å². The van der Waals surface area contributed by atoms with Crippen molar-refractivity contribution in [3.05, 3.63) is 24.3 Å². The molecule has 1 fully saturated rings. The Bertz CT molecular complexity index is 1130. The Morgan fingerprint density at radius 1 is 0.478 bits per heavy atom. The van der Waals surface area contributed by atoms with E-state index in [9.17, 15) is 30.3 Å². The molecular weight excluding hydrogens is 863 g/mol. The van der Waals surface area contributed by atoms with Crippen LogP contribution in [0, 0.1) is 0 Å². The largest absolute Gasteiger partial charge is 0.394 e. The van der Waals surface area contributed by atoms with Crippen molar-refractivity contribution in [2.24, 2.45) is 0 Å². The van der Waals surface area contributed by atoms with E-state index in [1.165, 1.54) is 238 Å². The lowest BCUT2D eigenvalue weighted by Gasteiger charge is -2.40. The van der Waals surface area contributed by atoms with Gasteiger partial charge in [0.25, 0.3) is 0 Å². The highest BCUT2D eigenvalue weighted by Crippen LogP contribution is 2.23. The molecule has 0 radical (unpaired) electrons. The molecule has 7 unspecified atom stereocenters. The van der Waals surface area contributed by atoms with Gasteiger partial charge in [-0.05, 0) is 44.9 Å². The zero-order valence-corrected chi connectivity index (χ0v) is 45.3. The van der Waals surface area contributed by atoms with Crippen LogP contribution in [0.25, 0.3) is 0 Å². The van der Waals surface area contributed by atoms with E-state index in [0.29, 0.717) is 6.42 Å². The molecule has 1 saturated heterocycles. The molecule has 0 aromatic heterocycles. The Morgan fingerprint density at radius 2 is 0.812 bits per heavy atom. The third-order valence-corrected chi connectivity index (χ3v) is 14.5. The van der Waals surface area contributed by atoms with Gasteiger partial charge in [-0.2, -0.15) is 0 Å². The third-order valence-electron chi connectivity index (χ3n) is 14.5. The molecule has 7 atom stereocenters. The minimum atomic E-state index is -1.56. The van der Waals surface area contributed by atoms with E-state index >= 15 is 0 Å². The van der Waals surface area contributed by atoms with Gasteiger partial charge >= 0.3 is 0 Å². The number of carbonyl (C=O) groups is 1. The summed E-state index contributed by atoms with van der Waals surface area (Å²) >= 11 is 0. The first kappa shape index (κ1) is 65.7. The van der Waals surface area contributed by atoms with Gasteiger partial charge in [-0.25, -0.2) is 0 Å². The van der Waals surface area contributed by atoms with Crippen LogP contribution in [-0.4, -0.2) is 87.5 Å². The lowest BCUT2D eigenvalue weighted by Crippen LogP contribution is -2.60. The highest BCUT2D eigenvalue weighted by atomic mass is 16.7. The predicted octanol–water partition coefficient (Wildman–Crippen LogP) is 15.0. The van der Waals surface area contributed by atoms with E-state index in [1.54, 1.807) is 6.08 Å². The fourth-order valence-corrected chi connectivity index (χ4v) is 9.74. The molecule has 69 heavy (non-hydrogen) atoms. The lowest BCUT2D eigenvalue weighted by atomic mass is 9.99. The van der Waals surface area contributed by atoms with Gasteiger partial charge in [-0.3, -0.25) is 4.79 Å². The molecule has 408 valence electrons. The highest BCUT2D eigenvalue weighted by Gasteiger charge is 2.44. The van der Waals surface area contributed by atoms with Crippen molar-refractivity contribution in [3.63, 3.8) is 0 Å². The van der Waals surface area contributed by atoms with Crippen LogP contribution in [0.1, 0.15) is 296 Å². The maximum absolute atomic E-state index is 13.1. The molecule has 9 heteroatoms. The van der Waals surface area contributed by atoms with Crippen LogP contribution >= 0.6 is 0 Å². The van der Waals surface area contributed by atoms with Gasteiger partial charge in [-0.1, -0.05) is 269 Å². The number of allylic oxidation sites excluding steroid dienone is 3. The summed E-state index contributed by atoms with van der Waals surface area (Å²) in [6.07, 6.45) is 56.8. The molecule has 0 aromatic carbocycles. The summed E-state index contributed by atoms with van der Waals surface area (Å²) in [5, 5.41) is 54.5. The number of hydrogen-bond donors (Lipinski definition) is 6. The van der Waals surface area contributed by atoms with E-state index < -0.39 is 49.5 Å². The van der Waals surface area contributed by atoms with Crippen molar-refractivity contribution in [1.29, 1.82) is 0 Å². The number of amides is 1. The number of aliphatic hydroxyl groups is 5. The summed E-state index contributed by atoms with van der Waals surface area (Å²) in [5.41, 5.74) is 0. The Kier molecular flexibility index (Phi) is 47.8. The van der Waals surface area contributed by atoms with Crippen LogP contribution in [0.3, 0.4) is 0 Å². The molecule has 0 spiro atoms. The van der Waals surface area contributed by atoms with Crippen LogP contribution in [0.15, 0.2) is 24.3 Å². The smallest absolute Gasteiger partial charge is 0.220 e. The van der Waals surface area contributed by atoms with Crippen LogP contribution in [-0.2, 0) is 14.3 Å². The summed E-state index contributed by atoms with van der Waals surface area (Å²) in [6, 6.07) is -0.802. The third kappa shape index (κ3) is 39.8. The second-order valence-corrected chi connectivity index (χ2v) is 21.1. The van der Waals surface area contributed by atoms with E-state index in [4.69, 9.17) is 9.47 Å². The van der Waals surface area contributed by atoms with Gasteiger partial charge in [0, 0.05) is 6.42 Å². The Labute approximate surface area is 426 Å². The Morgan fingerprint density at radius 3 is 1.17 bits per heavy atom. The molecule has 0 bridgehead atoms. The number of rotatable bonds is 52. The summed E-state index contributed by atoms with van der Waals surface area (Å²) in [6.45, 7) is 3.81. The first-order valence-electron chi connectivity index (χ1n) is 30.1. The number of ether oxygens (including phenoxy) is 2. The number of hydrogen-bond acceptors (Lipinski definition) is 8. The van der Waals surface area contributed by atoms with E-state index in [-0.39, 0.29) is 12.5 Å². The minimum Gasteiger partial charge on any atom is -0.394 e. The molecule has 6 N–H and O–H groups in total. The lowest BCUT2D eigenvalue weighted by molar-refractivity contribution is -0.302. The highest BCUT2D eigenvalue weighted by molar-refractivity contribution is 5.76. The van der Waals surface area contributed by atoms with Gasteiger partial charge in [0.1, 0.15) is 24.4 Å². The van der Waals surface area contributed by atoms with Gasteiger partial charge in [-0.15, -0.1) is 0 Å². The summed E-state index contributed by atoms with van der Waals surface area (Å²) in [4.78, 5) is 13.1. The zero-order chi connectivity index (χ0) is 50.1. The van der Waals surface area contributed by atoms with Crippen LogP contribution in [0.2, 0.25) is 0 Å². The maximum Gasteiger partial charge on any atom is 0.220 e. The normalized spacial score (nSPS) is 19.6. The minimum absolute atomic E-state index is 0.171. The number of unbranched alkanes of at least 4 members (excludes halogenated alkanes) is 40. The molecule has 1 amide bonds. The molecule has 9 nitrogen and oxygen atoms in total. The van der Waals surface area contributed by atoms with Crippen LogP contribution in [0.5, 0.6) is 0 Å². The second-order valence-electron chi connectivity index (χ2n) is 21.1. The first-order valence-corrected chi connectivity index (χ1v) is 30.1. The maximum atomic E-state index is 13.1. The standard InChI is InChI=1S/C60H115NO8/c1-3-5-7-9-11-13-15-17-19-21-22-23-24-25-26-27-28-29-30-31-32-34-36-38-40-42-44-46-48-50-56(64)61-53(52-68-60-59(67)58(66)57(65)55(51-62)69-60)54(63)49-47-45-43-41-39-37-35-33-20-18-16-14-12-10-8-6-4-2/h21-22,47,49,53-55,57-60,62-63,65-67H,3-20,23-46,48,50-52H2,1-2H3,(H,61,64)/b22-21-,49-47+. The SMILES string of the molecule is CCCCCCCCCC/C=C\CCCCCCCCCCCCCCCCCCCC(=O)NC(COC1OC(CO)C(O)C(O)C1O)C(O)/C=C/CCCCCCCCCCCCCCCCC. The van der Waals surface area contributed by atoms with Gasteiger partial charge < -0.3 is 40.3 Å². The predicted molar refractivity (Wildman–Crippen MR) is 290 cm³/mol. The van der Waals surface area contributed by atoms with Crippen molar-refractivity contribution in [1.82, 2.24) is 5.32 Å². The molecule has 0 aliphatic carbocycles. The summed E-state index contributed by atoms with van der Waals surface area (Å²) in [5.74, 6) is -0.171. The van der Waals surface area contributed by atoms with Crippen molar-refractivity contribution >= 4 is 5.91 Å². The average Bonchev–Trinajstić information content (AvgIpc) is 3.35. The van der Waals surface area contributed by atoms with Crippen molar-refractivity contribution in [3.8, 4) is 0 Å². The number of carbonyl (C=O) groups excluding carboxylic acids is 1. The molecule has 1 aliphatic rings.